The van der Waals surface area contributed by atoms with Crippen molar-refractivity contribution in [3.63, 3.8) is 0 Å². The highest BCUT2D eigenvalue weighted by Crippen LogP contribution is 2.26. The number of nitrogens with zero attached hydrogens (tertiary/aromatic N) is 7. The molecule has 0 bridgehead atoms. The lowest BCUT2D eigenvalue weighted by Gasteiger charge is -2.14. The highest BCUT2D eigenvalue weighted by Gasteiger charge is 2.14. The Morgan fingerprint density at radius 3 is 2.65 bits per heavy atom. The van der Waals surface area contributed by atoms with Gasteiger partial charge in [-0.3, -0.25) is 0 Å². The maximum Gasteiger partial charge on any atom is 0.368 e. The Hall–Kier alpha value is -4.32. The summed E-state index contributed by atoms with van der Waals surface area (Å²) in [5.74, 6) is 1.18. The van der Waals surface area contributed by atoms with E-state index in [4.69, 9.17) is 10.00 Å². The molecule has 4 rings (SSSR count). The van der Waals surface area contributed by atoms with E-state index >= 15 is 0 Å². The summed E-state index contributed by atoms with van der Waals surface area (Å²) in [5, 5.41) is 16.8. The molecule has 0 aliphatic heterocycles. The fourth-order valence-electron chi connectivity index (χ4n) is 3.20. The molecule has 0 fully saturated rings. The molecule has 0 amide bonds. The lowest BCUT2D eigenvalue weighted by atomic mass is 10.1. The first-order chi connectivity index (χ1) is 15.0. The molecular weight excluding hydrogens is 394 g/mol. The van der Waals surface area contributed by atoms with Crippen LogP contribution in [0.5, 0.6) is 5.75 Å². The highest BCUT2D eigenvalue weighted by atomic mass is 16.5. The summed E-state index contributed by atoms with van der Waals surface area (Å²) in [7, 11) is 1.55. The second-order valence-corrected chi connectivity index (χ2v) is 7.02. The standard InChI is InChI=1S/C22H19N7O2/c1-14-5-4-6-19(29-22(30)28(3)26-27-29)18(14)13-31-20-8-7-16(11-15(20)2)21-24-10-9-17(12-23)25-21/h4-11H,13H2,1-3H3. The fraction of sp³-hybridized carbons (Fsp3) is 0.182. The zero-order valence-corrected chi connectivity index (χ0v) is 17.3. The van der Waals surface area contributed by atoms with Crippen molar-refractivity contribution in [2.24, 2.45) is 7.05 Å². The number of benzene rings is 2. The Morgan fingerprint density at radius 2 is 1.94 bits per heavy atom. The largest absolute Gasteiger partial charge is 0.489 e. The number of hydrogen-bond donors (Lipinski definition) is 0. The van der Waals surface area contributed by atoms with E-state index in [-0.39, 0.29) is 12.3 Å². The lowest BCUT2D eigenvalue weighted by Crippen LogP contribution is -2.23. The first kappa shape index (κ1) is 20.0. The van der Waals surface area contributed by atoms with Gasteiger partial charge in [-0.25, -0.2) is 14.8 Å². The minimum atomic E-state index is -0.327. The topological polar surface area (TPSA) is 112 Å². The molecule has 0 aliphatic carbocycles. The normalized spacial score (nSPS) is 10.6. The van der Waals surface area contributed by atoms with Crippen molar-refractivity contribution in [1.82, 2.24) is 29.8 Å². The monoisotopic (exact) mass is 413 g/mol. The molecule has 0 atom stereocenters. The second-order valence-electron chi connectivity index (χ2n) is 7.02. The summed E-state index contributed by atoms with van der Waals surface area (Å²) in [4.78, 5) is 20.8. The number of aromatic nitrogens is 6. The molecule has 0 spiro atoms. The van der Waals surface area contributed by atoms with Crippen molar-refractivity contribution in [3.05, 3.63) is 81.5 Å². The van der Waals surface area contributed by atoms with Gasteiger partial charge in [0.25, 0.3) is 0 Å². The van der Waals surface area contributed by atoms with Crippen LogP contribution in [0.1, 0.15) is 22.4 Å². The first-order valence-corrected chi connectivity index (χ1v) is 9.53. The number of hydrogen-bond acceptors (Lipinski definition) is 7. The van der Waals surface area contributed by atoms with Crippen LogP contribution < -0.4 is 10.4 Å². The molecular formula is C22H19N7O2. The Bertz CT molecular complexity index is 1370. The molecule has 0 aliphatic rings. The Kier molecular flexibility index (Phi) is 5.28. The molecule has 0 radical (unpaired) electrons. The molecule has 0 saturated heterocycles. The van der Waals surface area contributed by atoms with Crippen LogP contribution in [-0.4, -0.2) is 29.8 Å². The van der Waals surface area contributed by atoms with Crippen LogP contribution in [-0.2, 0) is 13.7 Å². The van der Waals surface area contributed by atoms with Crippen LogP contribution in [0.2, 0.25) is 0 Å². The van der Waals surface area contributed by atoms with Gasteiger partial charge in [-0.05, 0) is 65.7 Å². The smallest absolute Gasteiger partial charge is 0.368 e. The maximum atomic E-state index is 12.3. The summed E-state index contributed by atoms with van der Waals surface area (Å²) < 4.78 is 8.53. The number of ether oxygens (including phenoxy) is 1. The van der Waals surface area contributed by atoms with Crippen LogP contribution in [0.25, 0.3) is 17.1 Å². The third-order valence-electron chi connectivity index (χ3n) is 4.91. The van der Waals surface area contributed by atoms with Crippen LogP contribution in [0.3, 0.4) is 0 Å². The predicted octanol–water partition coefficient (Wildman–Crippen LogP) is 2.49. The zero-order valence-electron chi connectivity index (χ0n) is 17.3. The Balaban J connectivity index is 1.61. The van der Waals surface area contributed by atoms with Crippen LogP contribution in [0, 0.1) is 25.2 Å². The van der Waals surface area contributed by atoms with Gasteiger partial charge in [0.15, 0.2) is 5.82 Å². The summed E-state index contributed by atoms with van der Waals surface area (Å²) in [6, 6.07) is 14.8. The third-order valence-corrected chi connectivity index (χ3v) is 4.91. The predicted molar refractivity (Wildman–Crippen MR) is 113 cm³/mol. The van der Waals surface area contributed by atoms with Crippen molar-refractivity contribution in [3.8, 4) is 28.9 Å². The zero-order chi connectivity index (χ0) is 22.0. The summed E-state index contributed by atoms with van der Waals surface area (Å²) in [6.45, 7) is 4.14. The molecule has 9 nitrogen and oxygen atoms in total. The van der Waals surface area contributed by atoms with E-state index in [1.165, 1.54) is 9.36 Å². The molecule has 0 unspecified atom stereocenters. The van der Waals surface area contributed by atoms with Crippen molar-refractivity contribution >= 4 is 0 Å². The van der Waals surface area contributed by atoms with E-state index in [0.29, 0.717) is 23.0 Å². The SMILES string of the molecule is Cc1cc(-c2nccc(C#N)n2)ccc1OCc1c(C)cccc1-n1nnn(C)c1=O. The van der Waals surface area contributed by atoms with Gasteiger partial charge in [-0.15, -0.1) is 0 Å². The molecule has 2 aromatic heterocycles. The average Bonchev–Trinajstić information content (AvgIpc) is 3.11. The quantitative estimate of drug-likeness (QED) is 0.494. The maximum absolute atomic E-state index is 12.3. The van der Waals surface area contributed by atoms with Crippen molar-refractivity contribution < 1.29 is 4.74 Å². The van der Waals surface area contributed by atoms with E-state index < -0.39 is 0 Å². The summed E-state index contributed by atoms with van der Waals surface area (Å²) in [5.41, 5.74) is 4.14. The number of tetrazole rings is 1. The molecule has 2 aromatic carbocycles. The number of rotatable bonds is 5. The van der Waals surface area contributed by atoms with Crippen molar-refractivity contribution in [2.75, 3.05) is 0 Å². The molecule has 154 valence electrons. The van der Waals surface area contributed by atoms with E-state index in [1.54, 1.807) is 19.3 Å². The van der Waals surface area contributed by atoms with E-state index in [0.717, 1.165) is 22.3 Å². The molecule has 2 heterocycles. The van der Waals surface area contributed by atoms with Crippen LogP contribution in [0.4, 0.5) is 0 Å². The van der Waals surface area contributed by atoms with Gasteiger partial charge in [0, 0.05) is 24.4 Å². The van der Waals surface area contributed by atoms with Crippen molar-refractivity contribution in [1.29, 1.82) is 5.26 Å². The van der Waals surface area contributed by atoms with Gasteiger partial charge in [-0.2, -0.15) is 14.6 Å². The lowest BCUT2D eigenvalue weighted by molar-refractivity contribution is 0.302. The average molecular weight is 413 g/mol. The molecule has 31 heavy (non-hydrogen) atoms. The Labute approximate surface area is 178 Å². The molecule has 0 saturated carbocycles. The second kappa shape index (κ2) is 8.20. The van der Waals surface area contributed by atoms with Gasteiger partial charge >= 0.3 is 5.69 Å². The van der Waals surface area contributed by atoms with Crippen LogP contribution >= 0.6 is 0 Å². The highest BCUT2D eigenvalue weighted by molar-refractivity contribution is 5.59. The molecule has 4 aromatic rings. The minimum Gasteiger partial charge on any atom is -0.489 e. The number of aryl methyl sites for hydroxylation is 3. The van der Waals surface area contributed by atoms with E-state index in [2.05, 4.69) is 20.4 Å². The van der Waals surface area contributed by atoms with Gasteiger partial charge < -0.3 is 4.74 Å². The molecule has 9 heteroatoms. The van der Waals surface area contributed by atoms with Gasteiger partial charge in [0.05, 0.1) is 5.69 Å². The minimum absolute atomic E-state index is 0.256. The van der Waals surface area contributed by atoms with Gasteiger partial charge in [0.2, 0.25) is 0 Å². The summed E-state index contributed by atoms with van der Waals surface area (Å²) >= 11 is 0. The first-order valence-electron chi connectivity index (χ1n) is 9.53. The Morgan fingerprint density at radius 1 is 1.10 bits per heavy atom. The van der Waals surface area contributed by atoms with Crippen LogP contribution in [0.15, 0.2) is 53.5 Å². The van der Waals surface area contributed by atoms with Crippen molar-refractivity contribution in [2.45, 2.75) is 20.5 Å². The number of nitriles is 1. The fourth-order valence-corrected chi connectivity index (χ4v) is 3.20. The van der Waals surface area contributed by atoms with Gasteiger partial charge in [0.1, 0.15) is 24.1 Å². The molecule has 0 N–H and O–H groups in total. The van der Waals surface area contributed by atoms with E-state index in [9.17, 15) is 4.79 Å². The van der Waals surface area contributed by atoms with Gasteiger partial charge in [-0.1, -0.05) is 12.1 Å². The van der Waals surface area contributed by atoms with E-state index in [1.807, 2.05) is 56.3 Å². The summed E-state index contributed by atoms with van der Waals surface area (Å²) in [6.07, 6.45) is 1.56. The third kappa shape index (κ3) is 3.91.